The van der Waals surface area contributed by atoms with Gasteiger partial charge in [0.15, 0.2) is 6.10 Å². The van der Waals surface area contributed by atoms with Crippen LogP contribution in [0.4, 0.5) is 5.69 Å². The highest BCUT2D eigenvalue weighted by Gasteiger charge is 2.21. The molecule has 0 radical (unpaired) electrons. The molecule has 1 unspecified atom stereocenters. The normalized spacial score (nSPS) is 11.7. The number of rotatable bonds is 4. The van der Waals surface area contributed by atoms with E-state index < -0.39 is 18.0 Å². The number of carbonyl (C=O) groups excluding carboxylic acids is 2. The third kappa shape index (κ3) is 3.23. The van der Waals surface area contributed by atoms with Crippen molar-refractivity contribution in [1.82, 2.24) is 0 Å². The first kappa shape index (κ1) is 14.0. The largest absolute Gasteiger partial charge is 0.463 e. The zero-order valence-corrected chi connectivity index (χ0v) is 10.7. The molecule has 1 aromatic rings. The molecule has 0 aliphatic heterocycles. The molecule has 0 aliphatic rings. The van der Waals surface area contributed by atoms with Gasteiger partial charge < -0.3 is 15.2 Å². The second-order valence-corrected chi connectivity index (χ2v) is 3.84. The lowest BCUT2D eigenvalue weighted by Crippen LogP contribution is -2.26. The van der Waals surface area contributed by atoms with Crippen LogP contribution in [-0.2, 0) is 14.3 Å². The highest BCUT2D eigenvalue weighted by molar-refractivity contribution is 5.97. The molecule has 0 spiro atoms. The number of nitrogen functional groups attached to an aromatic ring is 1. The monoisotopic (exact) mass is 251 g/mol. The average Bonchev–Trinajstić information content (AvgIpc) is 2.32. The minimum Gasteiger partial charge on any atom is -0.463 e. The van der Waals surface area contributed by atoms with Gasteiger partial charge in [0.05, 0.1) is 12.2 Å². The summed E-state index contributed by atoms with van der Waals surface area (Å²) in [6, 6.07) is 5.06. The Balaban J connectivity index is 2.77. The number of hydrogen-bond donors (Lipinski definition) is 1. The number of esters is 2. The van der Waals surface area contributed by atoms with E-state index in [0.29, 0.717) is 5.69 Å². The van der Waals surface area contributed by atoms with Crippen molar-refractivity contribution in [2.45, 2.75) is 26.9 Å². The zero-order valence-electron chi connectivity index (χ0n) is 10.7. The summed E-state index contributed by atoms with van der Waals surface area (Å²) in [5, 5.41) is 0. The molecule has 0 aromatic heterocycles. The Labute approximate surface area is 106 Å². The van der Waals surface area contributed by atoms with Crippen molar-refractivity contribution in [3.63, 3.8) is 0 Å². The van der Waals surface area contributed by atoms with Gasteiger partial charge >= 0.3 is 11.9 Å². The minimum atomic E-state index is -0.947. The maximum atomic E-state index is 11.8. The molecule has 0 saturated heterocycles. The van der Waals surface area contributed by atoms with Crippen molar-refractivity contribution >= 4 is 17.6 Å². The number of ether oxygens (including phenoxy) is 2. The molecule has 18 heavy (non-hydrogen) atoms. The summed E-state index contributed by atoms with van der Waals surface area (Å²) in [6.45, 7) is 5.18. The average molecular weight is 251 g/mol. The number of benzene rings is 1. The lowest BCUT2D eigenvalue weighted by molar-refractivity contribution is -0.152. The third-order valence-corrected chi connectivity index (χ3v) is 2.45. The summed E-state index contributed by atoms with van der Waals surface area (Å²) >= 11 is 0. The third-order valence-electron chi connectivity index (χ3n) is 2.45. The first-order chi connectivity index (χ1) is 8.47. The number of para-hydroxylation sites is 1. The highest BCUT2D eigenvalue weighted by Crippen LogP contribution is 2.18. The number of carbonyl (C=O) groups is 2. The van der Waals surface area contributed by atoms with Crippen LogP contribution < -0.4 is 5.73 Å². The van der Waals surface area contributed by atoms with Crippen LogP contribution in [0, 0.1) is 6.92 Å². The van der Waals surface area contributed by atoms with Gasteiger partial charge in [0, 0.05) is 5.69 Å². The van der Waals surface area contributed by atoms with Crippen LogP contribution in [0.2, 0.25) is 0 Å². The maximum absolute atomic E-state index is 11.8. The SMILES string of the molecule is CCOC(=O)C(C)OC(=O)c1cccc(C)c1N. The van der Waals surface area contributed by atoms with E-state index in [1.165, 1.54) is 6.92 Å². The molecule has 98 valence electrons. The number of anilines is 1. The standard InChI is InChI=1S/C13H17NO4/c1-4-17-12(15)9(3)18-13(16)10-7-5-6-8(2)11(10)14/h5-7,9H,4,14H2,1-3H3. The maximum Gasteiger partial charge on any atom is 0.347 e. The molecule has 2 N–H and O–H groups in total. The Hall–Kier alpha value is -2.04. The molecular formula is C13H17NO4. The summed E-state index contributed by atoms with van der Waals surface area (Å²) in [5.41, 5.74) is 7.18. The predicted molar refractivity (Wildman–Crippen MR) is 67.1 cm³/mol. The molecule has 5 nitrogen and oxygen atoms in total. The van der Waals surface area contributed by atoms with Crippen molar-refractivity contribution in [2.75, 3.05) is 12.3 Å². The fourth-order valence-electron chi connectivity index (χ4n) is 1.39. The molecule has 1 rings (SSSR count). The Morgan fingerprint density at radius 1 is 1.39 bits per heavy atom. The molecule has 0 bridgehead atoms. The summed E-state index contributed by atoms with van der Waals surface area (Å²) in [6.07, 6.45) is -0.947. The van der Waals surface area contributed by atoms with E-state index in [4.69, 9.17) is 15.2 Å². The molecule has 0 aliphatic carbocycles. The molecule has 0 saturated carbocycles. The van der Waals surface area contributed by atoms with Crippen molar-refractivity contribution < 1.29 is 19.1 Å². The summed E-state index contributed by atoms with van der Waals surface area (Å²) < 4.78 is 9.74. The first-order valence-corrected chi connectivity index (χ1v) is 5.70. The van der Waals surface area contributed by atoms with Gasteiger partial charge in [-0.2, -0.15) is 0 Å². The quantitative estimate of drug-likeness (QED) is 0.650. The van der Waals surface area contributed by atoms with E-state index in [1.54, 1.807) is 32.0 Å². The molecule has 0 fully saturated rings. The lowest BCUT2D eigenvalue weighted by Gasteiger charge is -2.13. The van der Waals surface area contributed by atoms with Crippen LogP contribution in [0.3, 0.4) is 0 Å². The Morgan fingerprint density at radius 3 is 2.67 bits per heavy atom. The van der Waals surface area contributed by atoms with E-state index in [0.717, 1.165) is 5.56 Å². The molecule has 1 atom stereocenters. The minimum absolute atomic E-state index is 0.243. The molecule has 0 heterocycles. The van der Waals surface area contributed by atoms with Gasteiger partial charge in [-0.25, -0.2) is 9.59 Å². The van der Waals surface area contributed by atoms with Gasteiger partial charge in [-0.05, 0) is 32.4 Å². The van der Waals surface area contributed by atoms with E-state index in [1.807, 2.05) is 0 Å². The fraction of sp³-hybridized carbons (Fsp3) is 0.385. The number of nitrogens with two attached hydrogens (primary N) is 1. The van der Waals surface area contributed by atoms with Crippen molar-refractivity contribution in [3.05, 3.63) is 29.3 Å². The van der Waals surface area contributed by atoms with E-state index in [2.05, 4.69) is 0 Å². The molecular weight excluding hydrogens is 234 g/mol. The van der Waals surface area contributed by atoms with Crippen LogP contribution in [-0.4, -0.2) is 24.6 Å². The van der Waals surface area contributed by atoms with Crippen molar-refractivity contribution in [3.8, 4) is 0 Å². The van der Waals surface area contributed by atoms with E-state index in [9.17, 15) is 9.59 Å². The van der Waals surface area contributed by atoms with Crippen LogP contribution in [0.15, 0.2) is 18.2 Å². The van der Waals surface area contributed by atoms with Gasteiger partial charge in [-0.15, -0.1) is 0 Å². The Kier molecular flexibility index (Phi) is 4.71. The van der Waals surface area contributed by atoms with Gasteiger partial charge in [0.25, 0.3) is 0 Å². The summed E-state index contributed by atoms with van der Waals surface area (Å²) in [4.78, 5) is 23.2. The molecule has 5 heteroatoms. The van der Waals surface area contributed by atoms with Crippen LogP contribution in [0.5, 0.6) is 0 Å². The van der Waals surface area contributed by atoms with Gasteiger partial charge in [0.2, 0.25) is 0 Å². The van der Waals surface area contributed by atoms with Gasteiger partial charge in [-0.1, -0.05) is 12.1 Å². The van der Waals surface area contributed by atoms with Crippen molar-refractivity contribution in [1.29, 1.82) is 0 Å². The van der Waals surface area contributed by atoms with E-state index in [-0.39, 0.29) is 12.2 Å². The topological polar surface area (TPSA) is 78.6 Å². The van der Waals surface area contributed by atoms with E-state index >= 15 is 0 Å². The fourth-order valence-corrected chi connectivity index (χ4v) is 1.39. The van der Waals surface area contributed by atoms with Gasteiger partial charge in [-0.3, -0.25) is 0 Å². The summed E-state index contributed by atoms with van der Waals surface area (Å²) in [7, 11) is 0. The lowest BCUT2D eigenvalue weighted by atomic mass is 10.1. The molecule has 1 aromatic carbocycles. The van der Waals surface area contributed by atoms with Crippen LogP contribution >= 0.6 is 0 Å². The Morgan fingerprint density at radius 2 is 2.06 bits per heavy atom. The second-order valence-electron chi connectivity index (χ2n) is 3.84. The Bertz CT molecular complexity index is 456. The highest BCUT2D eigenvalue weighted by atomic mass is 16.6. The summed E-state index contributed by atoms with van der Waals surface area (Å²) in [5.74, 6) is -1.20. The van der Waals surface area contributed by atoms with Crippen molar-refractivity contribution in [2.24, 2.45) is 0 Å². The smallest absolute Gasteiger partial charge is 0.347 e. The molecule has 0 amide bonds. The number of aryl methyl sites for hydroxylation is 1. The first-order valence-electron chi connectivity index (χ1n) is 5.70. The van der Waals surface area contributed by atoms with Crippen LogP contribution in [0.1, 0.15) is 29.8 Å². The second kappa shape index (κ2) is 6.05. The predicted octanol–water partition coefficient (Wildman–Crippen LogP) is 1.69. The number of hydrogen-bond acceptors (Lipinski definition) is 5. The zero-order chi connectivity index (χ0) is 13.7. The van der Waals surface area contributed by atoms with Crippen LogP contribution in [0.25, 0.3) is 0 Å². The van der Waals surface area contributed by atoms with Gasteiger partial charge in [0.1, 0.15) is 0 Å².